The summed E-state index contributed by atoms with van der Waals surface area (Å²) in [5, 5.41) is 8.87. The van der Waals surface area contributed by atoms with Crippen LogP contribution in [0.15, 0.2) is 23.1 Å². The summed E-state index contributed by atoms with van der Waals surface area (Å²) in [5.41, 5.74) is -0.0792. The summed E-state index contributed by atoms with van der Waals surface area (Å²) < 4.78 is 23.8. The molecule has 0 unspecified atom stereocenters. The number of unbranched alkanes of at least 4 members (excludes halogenated alkanes) is 1. The molecule has 0 amide bonds. The number of halogens is 1. The lowest BCUT2D eigenvalue weighted by Crippen LogP contribution is -2.09. The molecule has 4 nitrogen and oxygen atoms in total. The van der Waals surface area contributed by atoms with Crippen LogP contribution in [0.3, 0.4) is 0 Å². The number of sulfone groups is 1. The van der Waals surface area contributed by atoms with Crippen molar-refractivity contribution in [3.05, 3.63) is 28.8 Å². The molecule has 0 radical (unpaired) electrons. The van der Waals surface area contributed by atoms with Crippen LogP contribution in [0.25, 0.3) is 0 Å². The van der Waals surface area contributed by atoms with Gasteiger partial charge in [0.05, 0.1) is 21.2 Å². The molecule has 1 rings (SSSR count). The Kier molecular flexibility index (Phi) is 4.54. The first-order chi connectivity index (χ1) is 7.88. The fraction of sp³-hybridized carbons (Fsp3) is 0.364. The minimum atomic E-state index is -3.50. The standard InChI is InChI=1S/C11H13ClO4S/c1-2-3-6-17(15,16)10-7-8(11(13)14)4-5-9(10)12/h4-5,7H,2-3,6H2,1H3,(H,13,14). The minimum Gasteiger partial charge on any atom is -0.478 e. The molecule has 0 saturated carbocycles. The number of aromatic carboxylic acids is 1. The van der Waals surface area contributed by atoms with E-state index in [1.807, 2.05) is 6.92 Å². The van der Waals surface area contributed by atoms with Crippen molar-refractivity contribution in [2.24, 2.45) is 0 Å². The summed E-state index contributed by atoms with van der Waals surface area (Å²) >= 11 is 5.79. The molecule has 0 atom stereocenters. The molecule has 0 fully saturated rings. The SMILES string of the molecule is CCCCS(=O)(=O)c1cc(C(=O)O)ccc1Cl. The number of hydrogen-bond donors (Lipinski definition) is 1. The number of benzene rings is 1. The van der Waals surface area contributed by atoms with Gasteiger partial charge in [-0.05, 0) is 24.6 Å². The Morgan fingerprint density at radius 1 is 1.41 bits per heavy atom. The third kappa shape index (κ3) is 3.44. The van der Waals surface area contributed by atoms with Crippen LogP contribution < -0.4 is 0 Å². The average Bonchev–Trinajstić information content (AvgIpc) is 2.26. The lowest BCUT2D eigenvalue weighted by atomic mass is 10.2. The highest BCUT2D eigenvalue weighted by Crippen LogP contribution is 2.24. The van der Waals surface area contributed by atoms with Crippen molar-refractivity contribution in [1.29, 1.82) is 0 Å². The quantitative estimate of drug-likeness (QED) is 0.897. The van der Waals surface area contributed by atoms with Gasteiger partial charge in [-0.2, -0.15) is 0 Å². The monoisotopic (exact) mass is 276 g/mol. The molecule has 0 aliphatic carbocycles. The maximum atomic E-state index is 11.9. The largest absolute Gasteiger partial charge is 0.478 e. The van der Waals surface area contributed by atoms with E-state index < -0.39 is 15.8 Å². The van der Waals surface area contributed by atoms with Crippen molar-refractivity contribution in [2.45, 2.75) is 24.7 Å². The fourth-order valence-corrected chi connectivity index (χ4v) is 3.35. The molecule has 6 heteroatoms. The predicted octanol–water partition coefficient (Wildman–Crippen LogP) is 2.61. The van der Waals surface area contributed by atoms with Crippen LogP contribution in [-0.4, -0.2) is 25.2 Å². The maximum Gasteiger partial charge on any atom is 0.335 e. The topological polar surface area (TPSA) is 71.4 Å². The number of carbonyl (C=O) groups is 1. The zero-order chi connectivity index (χ0) is 13.1. The third-order valence-electron chi connectivity index (χ3n) is 2.28. The summed E-state index contributed by atoms with van der Waals surface area (Å²) in [4.78, 5) is 10.7. The third-order valence-corrected chi connectivity index (χ3v) is 4.56. The zero-order valence-electron chi connectivity index (χ0n) is 9.31. The van der Waals surface area contributed by atoms with Gasteiger partial charge in [0.15, 0.2) is 9.84 Å². The highest BCUT2D eigenvalue weighted by Gasteiger charge is 2.19. The summed E-state index contributed by atoms with van der Waals surface area (Å²) in [7, 11) is -3.50. The van der Waals surface area contributed by atoms with Gasteiger partial charge >= 0.3 is 5.97 Å². The van der Waals surface area contributed by atoms with E-state index in [4.69, 9.17) is 16.7 Å². The van der Waals surface area contributed by atoms with Gasteiger partial charge in [0.1, 0.15) is 0 Å². The first-order valence-electron chi connectivity index (χ1n) is 5.14. The molecular weight excluding hydrogens is 264 g/mol. The molecular formula is C11H13ClO4S. The van der Waals surface area contributed by atoms with E-state index in [0.29, 0.717) is 6.42 Å². The van der Waals surface area contributed by atoms with Crippen LogP contribution in [0.1, 0.15) is 30.1 Å². The van der Waals surface area contributed by atoms with Gasteiger partial charge in [-0.1, -0.05) is 24.9 Å². The zero-order valence-corrected chi connectivity index (χ0v) is 10.9. The van der Waals surface area contributed by atoms with Gasteiger partial charge in [-0.15, -0.1) is 0 Å². The number of rotatable bonds is 5. The van der Waals surface area contributed by atoms with Crippen molar-refractivity contribution in [3.8, 4) is 0 Å². The van der Waals surface area contributed by atoms with E-state index in [-0.39, 0.29) is 21.2 Å². The lowest BCUT2D eigenvalue weighted by Gasteiger charge is -2.06. The Morgan fingerprint density at radius 3 is 2.59 bits per heavy atom. The molecule has 0 aliphatic rings. The molecule has 94 valence electrons. The first-order valence-corrected chi connectivity index (χ1v) is 7.17. The molecule has 0 aliphatic heterocycles. The molecule has 1 aromatic rings. The van der Waals surface area contributed by atoms with Crippen LogP contribution in [0.4, 0.5) is 0 Å². The Morgan fingerprint density at radius 2 is 2.06 bits per heavy atom. The van der Waals surface area contributed by atoms with Crippen LogP contribution in [0, 0.1) is 0 Å². The van der Waals surface area contributed by atoms with E-state index in [9.17, 15) is 13.2 Å². The van der Waals surface area contributed by atoms with Gasteiger partial charge in [-0.3, -0.25) is 0 Å². The van der Waals surface area contributed by atoms with Crippen LogP contribution in [0.2, 0.25) is 5.02 Å². The van der Waals surface area contributed by atoms with Crippen molar-refractivity contribution >= 4 is 27.4 Å². The van der Waals surface area contributed by atoms with E-state index in [2.05, 4.69) is 0 Å². The molecule has 0 saturated heterocycles. The van der Waals surface area contributed by atoms with Crippen molar-refractivity contribution in [1.82, 2.24) is 0 Å². The molecule has 0 heterocycles. The second-order valence-corrected chi connectivity index (χ2v) is 6.11. The van der Waals surface area contributed by atoms with E-state index in [1.165, 1.54) is 12.1 Å². The summed E-state index contributed by atoms with van der Waals surface area (Å²) in [6.07, 6.45) is 1.27. The smallest absolute Gasteiger partial charge is 0.335 e. The van der Waals surface area contributed by atoms with Gasteiger partial charge in [-0.25, -0.2) is 13.2 Å². The van der Waals surface area contributed by atoms with E-state index >= 15 is 0 Å². The number of carboxylic acid groups (broad SMARTS) is 1. The average molecular weight is 277 g/mol. The second kappa shape index (κ2) is 5.51. The molecule has 1 aromatic carbocycles. The van der Waals surface area contributed by atoms with Gasteiger partial charge in [0.25, 0.3) is 0 Å². The minimum absolute atomic E-state index is 0.0215. The molecule has 0 bridgehead atoms. The number of hydrogen-bond acceptors (Lipinski definition) is 3. The lowest BCUT2D eigenvalue weighted by molar-refractivity contribution is 0.0696. The van der Waals surface area contributed by atoms with Gasteiger partial charge in [0.2, 0.25) is 0 Å². The summed E-state index contributed by atoms with van der Waals surface area (Å²) in [6.45, 7) is 1.88. The van der Waals surface area contributed by atoms with E-state index in [0.717, 1.165) is 12.5 Å². The predicted molar refractivity (Wildman–Crippen MR) is 65.4 cm³/mol. The molecule has 17 heavy (non-hydrogen) atoms. The molecule has 0 aromatic heterocycles. The van der Waals surface area contributed by atoms with Crippen molar-refractivity contribution < 1.29 is 18.3 Å². The van der Waals surface area contributed by atoms with Crippen molar-refractivity contribution in [3.63, 3.8) is 0 Å². The van der Waals surface area contributed by atoms with Gasteiger partial charge in [0, 0.05) is 0 Å². The Hall–Kier alpha value is -1.07. The normalized spacial score (nSPS) is 11.4. The maximum absolute atomic E-state index is 11.9. The highest BCUT2D eigenvalue weighted by atomic mass is 35.5. The van der Waals surface area contributed by atoms with Gasteiger partial charge < -0.3 is 5.11 Å². The summed E-state index contributed by atoms with van der Waals surface area (Å²) in [5.74, 6) is -1.19. The van der Waals surface area contributed by atoms with Crippen molar-refractivity contribution in [2.75, 3.05) is 5.75 Å². The highest BCUT2D eigenvalue weighted by molar-refractivity contribution is 7.91. The van der Waals surface area contributed by atoms with Crippen LogP contribution >= 0.6 is 11.6 Å². The second-order valence-electron chi connectivity index (χ2n) is 3.62. The Bertz CT molecular complexity index is 522. The van der Waals surface area contributed by atoms with E-state index in [1.54, 1.807) is 0 Å². The number of carboxylic acids is 1. The molecule has 1 N–H and O–H groups in total. The Balaban J connectivity index is 3.20. The Labute approximate surface area is 105 Å². The first kappa shape index (κ1) is 14.0. The van der Waals surface area contributed by atoms with Crippen LogP contribution in [0.5, 0.6) is 0 Å². The summed E-state index contributed by atoms with van der Waals surface area (Å²) in [6, 6.07) is 3.68. The fourth-order valence-electron chi connectivity index (χ4n) is 1.32. The molecule has 0 spiro atoms. The van der Waals surface area contributed by atoms with Crippen LogP contribution in [-0.2, 0) is 9.84 Å².